The number of hydrogen-bond acceptors (Lipinski definition) is 4. The number of sulfonamides is 1. The molecule has 1 atom stereocenters. The lowest BCUT2D eigenvalue weighted by molar-refractivity contribution is 0.180. The Morgan fingerprint density at radius 2 is 2.19 bits per heavy atom. The zero-order valence-electron chi connectivity index (χ0n) is 12.1. The van der Waals surface area contributed by atoms with Crippen LogP contribution >= 0.6 is 0 Å². The summed E-state index contributed by atoms with van der Waals surface area (Å²) in [7, 11) is -3.16. The van der Waals surface area contributed by atoms with Crippen LogP contribution in [0.15, 0.2) is 18.2 Å². The van der Waals surface area contributed by atoms with E-state index in [1.165, 1.54) is 22.7 Å². The van der Waals surface area contributed by atoms with Crippen molar-refractivity contribution in [1.29, 1.82) is 0 Å². The molecule has 1 saturated heterocycles. The molecule has 118 valence electrons. The first-order valence-corrected chi connectivity index (χ1v) is 8.81. The van der Waals surface area contributed by atoms with Gasteiger partial charge in [-0.2, -0.15) is 0 Å². The van der Waals surface area contributed by atoms with Gasteiger partial charge in [-0.05, 0) is 30.5 Å². The molecular formula is C14H21FN2O3S. The zero-order valence-corrected chi connectivity index (χ0v) is 12.9. The molecule has 0 amide bonds. The Morgan fingerprint density at radius 3 is 2.86 bits per heavy atom. The van der Waals surface area contributed by atoms with Gasteiger partial charge in [0.1, 0.15) is 11.6 Å². The second-order valence-electron chi connectivity index (χ2n) is 5.44. The second-order valence-corrected chi connectivity index (χ2v) is 7.42. The predicted molar refractivity (Wildman–Crippen MR) is 78.9 cm³/mol. The standard InChI is InChI=1S/C14H21FN2O3S/c1-21(18,19)17-4-2-3-11(9-17)10-20-14-6-12(8-16)5-13(15)7-14/h5-7,11H,2-4,8-10,16H2,1H3. The third-order valence-electron chi connectivity index (χ3n) is 3.60. The maximum Gasteiger partial charge on any atom is 0.211 e. The highest BCUT2D eigenvalue weighted by Gasteiger charge is 2.26. The molecule has 0 saturated carbocycles. The van der Waals surface area contributed by atoms with Crippen molar-refractivity contribution >= 4 is 10.0 Å². The number of rotatable bonds is 5. The average Bonchev–Trinajstić information content (AvgIpc) is 2.44. The number of ether oxygens (including phenoxy) is 1. The molecule has 2 rings (SSSR count). The smallest absolute Gasteiger partial charge is 0.211 e. The Balaban J connectivity index is 1.95. The van der Waals surface area contributed by atoms with Gasteiger partial charge in [-0.3, -0.25) is 0 Å². The molecule has 0 spiro atoms. The van der Waals surface area contributed by atoms with Crippen LogP contribution in [0.1, 0.15) is 18.4 Å². The number of halogens is 1. The van der Waals surface area contributed by atoms with Crippen LogP contribution < -0.4 is 10.5 Å². The number of hydrogen-bond donors (Lipinski definition) is 1. The molecule has 1 aromatic rings. The van der Waals surface area contributed by atoms with Gasteiger partial charge in [-0.25, -0.2) is 17.1 Å². The van der Waals surface area contributed by atoms with Crippen molar-refractivity contribution in [1.82, 2.24) is 4.31 Å². The van der Waals surface area contributed by atoms with Gasteiger partial charge in [0.15, 0.2) is 0 Å². The van der Waals surface area contributed by atoms with E-state index in [4.69, 9.17) is 10.5 Å². The average molecular weight is 316 g/mol. The molecular weight excluding hydrogens is 295 g/mol. The van der Waals surface area contributed by atoms with Crippen molar-refractivity contribution < 1.29 is 17.5 Å². The van der Waals surface area contributed by atoms with Gasteiger partial charge < -0.3 is 10.5 Å². The number of nitrogens with zero attached hydrogens (tertiary/aromatic N) is 1. The van der Waals surface area contributed by atoms with Crippen molar-refractivity contribution in [2.75, 3.05) is 26.0 Å². The summed E-state index contributed by atoms with van der Waals surface area (Å²) in [6.07, 6.45) is 2.94. The van der Waals surface area contributed by atoms with Crippen molar-refractivity contribution in [3.63, 3.8) is 0 Å². The topological polar surface area (TPSA) is 72.6 Å². The minimum Gasteiger partial charge on any atom is -0.493 e. The Hall–Kier alpha value is -1.18. The monoisotopic (exact) mass is 316 g/mol. The fraction of sp³-hybridized carbons (Fsp3) is 0.571. The SMILES string of the molecule is CS(=O)(=O)N1CCCC(COc2cc(F)cc(CN)c2)C1. The summed E-state index contributed by atoms with van der Waals surface area (Å²) in [5.74, 6) is 0.180. The molecule has 1 unspecified atom stereocenters. The van der Waals surface area contributed by atoms with Crippen LogP contribution in [0, 0.1) is 11.7 Å². The first-order valence-electron chi connectivity index (χ1n) is 6.96. The molecule has 2 N–H and O–H groups in total. The molecule has 5 nitrogen and oxygen atoms in total. The highest BCUT2D eigenvalue weighted by atomic mass is 32.2. The van der Waals surface area contributed by atoms with Gasteiger partial charge in [0.05, 0.1) is 12.9 Å². The van der Waals surface area contributed by atoms with Crippen LogP contribution in [0.2, 0.25) is 0 Å². The number of benzene rings is 1. The molecule has 1 fully saturated rings. The van der Waals surface area contributed by atoms with Gasteiger partial charge in [0, 0.05) is 31.6 Å². The summed E-state index contributed by atoms with van der Waals surface area (Å²) in [6.45, 7) is 1.64. The summed E-state index contributed by atoms with van der Waals surface area (Å²) < 4.78 is 43.6. The summed E-state index contributed by atoms with van der Waals surface area (Å²) in [6, 6.07) is 4.40. The molecule has 1 aromatic carbocycles. The highest BCUT2D eigenvalue weighted by Crippen LogP contribution is 2.21. The molecule has 0 radical (unpaired) electrons. The quantitative estimate of drug-likeness (QED) is 0.889. The second kappa shape index (κ2) is 6.72. The highest BCUT2D eigenvalue weighted by molar-refractivity contribution is 7.88. The number of nitrogens with two attached hydrogens (primary N) is 1. The molecule has 0 bridgehead atoms. The molecule has 7 heteroatoms. The van der Waals surface area contributed by atoms with Crippen LogP contribution in [0.4, 0.5) is 4.39 Å². The minimum atomic E-state index is -3.16. The first kappa shape index (κ1) is 16.2. The van der Waals surface area contributed by atoms with Crippen LogP contribution in [0.3, 0.4) is 0 Å². The fourth-order valence-electron chi connectivity index (χ4n) is 2.50. The van der Waals surface area contributed by atoms with Crippen molar-refractivity contribution in [3.8, 4) is 5.75 Å². The van der Waals surface area contributed by atoms with E-state index in [2.05, 4.69) is 0 Å². The largest absolute Gasteiger partial charge is 0.493 e. The Morgan fingerprint density at radius 1 is 1.43 bits per heavy atom. The lowest BCUT2D eigenvalue weighted by atomic mass is 10.0. The van der Waals surface area contributed by atoms with Gasteiger partial charge in [-0.1, -0.05) is 0 Å². The van der Waals surface area contributed by atoms with Crippen LogP contribution in [-0.2, 0) is 16.6 Å². The zero-order chi connectivity index (χ0) is 15.5. The van der Waals surface area contributed by atoms with E-state index in [-0.39, 0.29) is 18.3 Å². The summed E-state index contributed by atoms with van der Waals surface area (Å²) >= 11 is 0. The van der Waals surface area contributed by atoms with Gasteiger partial charge in [0.25, 0.3) is 0 Å². The van der Waals surface area contributed by atoms with E-state index in [0.717, 1.165) is 12.8 Å². The molecule has 0 aliphatic carbocycles. The predicted octanol–water partition coefficient (Wildman–Crippen LogP) is 1.33. The van der Waals surface area contributed by atoms with E-state index in [1.54, 1.807) is 6.07 Å². The van der Waals surface area contributed by atoms with Crippen molar-refractivity contribution in [3.05, 3.63) is 29.6 Å². The van der Waals surface area contributed by atoms with Crippen LogP contribution in [-0.4, -0.2) is 38.7 Å². The van der Waals surface area contributed by atoms with Gasteiger partial charge in [-0.15, -0.1) is 0 Å². The fourth-order valence-corrected chi connectivity index (χ4v) is 3.44. The summed E-state index contributed by atoms with van der Waals surface area (Å²) in [5, 5.41) is 0. The molecule has 1 aliphatic rings. The molecule has 1 aliphatic heterocycles. The Bertz CT molecular complexity index is 592. The maximum absolute atomic E-state index is 13.4. The van der Waals surface area contributed by atoms with Gasteiger partial charge >= 0.3 is 0 Å². The normalized spacial score (nSPS) is 20.4. The van der Waals surface area contributed by atoms with E-state index in [1.807, 2.05) is 0 Å². The first-order chi connectivity index (χ1) is 9.88. The summed E-state index contributed by atoms with van der Waals surface area (Å²) in [5.41, 5.74) is 6.17. The van der Waals surface area contributed by atoms with E-state index >= 15 is 0 Å². The lowest BCUT2D eigenvalue weighted by Gasteiger charge is -2.30. The Kier molecular flexibility index (Phi) is 5.18. The van der Waals surface area contributed by atoms with E-state index in [9.17, 15) is 12.8 Å². The molecule has 1 heterocycles. The van der Waals surface area contributed by atoms with Crippen LogP contribution in [0.5, 0.6) is 5.75 Å². The minimum absolute atomic E-state index is 0.123. The van der Waals surface area contributed by atoms with Crippen molar-refractivity contribution in [2.45, 2.75) is 19.4 Å². The third-order valence-corrected chi connectivity index (χ3v) is 4.87. The van der Waals surface area contributed by atoms with Gasteiger partial charge in [0.2, 0.25) is 10.0 Å². The maximum atomic E-state index is 13.4. The lowest BCUT2D eigenvalue weighted by Crippen LogP contribution is -2.40. The molecule has 0 aromatic heterocycles. The molecule has 21 heavy (non-hydrogen) atoms. The number of piperidine rings is 1. The van der Waals surface area contributed by atoms with E-state index in [0.29, 0.717) is 31.0 Å². The van der Waals surface area contributed by atoms with Crippen molar-refractivity contribution in [2.24, 2.45) is 11.7 Å². The summed E-state index contributed by atoms with van der Waals surface area (Å²) in [4.78, 5) is 0. The van der Waals surface area contributed by atoms with E-state index < -0.39 is 10.0 Å². The third kappa shape index (κ3) is 4.66. The van der Waals surface area contributed by atoms with Crippen LogP contribution in [0.25, 0.3) is 0 Å². The Labute approximate surface area is 124 Å².